The summed E-state index contributed by atoms with van der Waals surface area (Å²) in [5.74, 6) is -0.296. The van der Waals surface area contributed by atoms with Gasteiger partial charge in [0.1, 0.15) is 5.82 Å². The van der Waals surface area contributed by atoms with Crippen LogP contribution in [0.1, 0.15) is 52.2 Å². The lowest BCUT2D eigenvalue weighted by atomic mass is 9.77. The summed E-state index contributed by atoms with van der Waals surface area (Å²) in [5.41, 5.74) is 0.522. The average molecular weight is 292 g/mol. The van der Waals surface area contributed by atoms with Crippen LogP contribution >= 0.6 is 0 Å². The molecule has 2 aliphatic rings. The van der Waals surface area contributed by atoms with Gasteiger partial charge in [-0.25, -0.2) is 4.39 Å². The summed E-state index contributed by atoms with van der Waals surface area (Å²) in [6.45, 7) is 8.64. The van der Waals surface area contributed by atoms with Crippen LogP contribution in [0.3, 0.4) is 0 Å². The van der Waals surface area contributed by atoms with Crippen LogP contribution < -0.4 is 5.46 Å². The SMILES string of the molecule is CC1(C)OB(c2cc(C3CCCO3)ccc2F)OC1(C)C. The Morgan fingerprint density at radius 2 is 1.81 bits per heavy atom. The third-order valence-corrected chi connectivity index (χ3v) is 4.83. The molecule has 0 aliphatic carbocycles. The molecule has 5 heteroatoms. The molecule has 3 rings (SSSR count). The van der Waals surface area contributed by atoms with Gasteiger partial charge in [0.2, 0.25) is 0 Å². The molecule has 1 aromatic carbocycles. The highest BCUT2D eigenvalue weighted by molar-refractivity contribution is 6.62. The van der Waals surface area contributed by atoms with Crippen LogP contribution in [0.4, 0.5) is 4.39 Å². The van der Waals surface area contributed by atoms with Crippen molar-refractivity contribution in [2.45, 2.75) is 57.8 Å². The van der Waals surface area contributed by atoms with Crippen molar-refractivity contribution in [1.82, 2.24) is 0 Å². The van der Waals surface area contributed by atoms with Crippen molar-refractivity contribution >= 4 is 12.6 Å². The predicted molar refractivity (Wildman–Crippen MR) is 80.0 cm³/mol. The lowest BCUT2D eigenvalue weighted by molar-refractivity contribution is 0.00578. The molecule has 21 heavy (non-hydrogen) atoms. The fourth-order valence-electron chi connectivity index (χ4n) is 2.75. The Labute approximate surface area is 125 Å². The van der Waals surface area contributed by atoms with E-state index in [2.05, 4.69) is 0 Å². The van der Waals surface area contributed by atoms with Crippen LogP contribution in [0.2, 0.25) is 0 Å². The van der Waals surface area contributed by atoms with E-state index in [1.807, 2.05) is 33.8 Å². The van der Waals surface area contributed by atoms with Gasteiger partial charge in [0.15, 0.2) is 0 Å². The van der Waals surface area contributed by atoms with Crippen molar-refractivity contribution in [3.8, 4) is 0 Å². The maximum atomic E-state index is 14.2. The maximum Gasteiger partial charge on any atom is 0.497 e. The minimum absolute atomic E-state index is 0.0618. The molecule has 0 bridgehead atoms. The number of benzene rings is 1. The van der Waals surface area contributed by atoms with Gasteiger partial charge in [-0.1, -0.05) is 12.1 Å². The van der Waals surface area contributed by atoms with Crippen LogP contribution in [0, 0.1) is 5.82 Å². The van der Waals surface area contributed by atoms with Gasteiger partial charge in [0, 0.05) is 12.1 Å². The Kier molecular flexibility index (Phi) is 3.63. The molecule has 0 saturated carbocycles. The van der Waals surface area contributed by atoms with E-state index in [4.69, 9.17) is 14.0 Å². The second-order valence-electron chi connectivity index (χ2n) is 6.87. The summed E-state index contributed by atoms with van der Waals surface area (Å²) in [7, 11) is -0.670. The van der Waals surface area contributed by atoms with Crippen molar-refractivity contribution in [3.63, 3.8) is 0 Å². The minimum atomic E-state index is -0.670. The number of hydrogen-bond donors (Lipinski definition) is 0. The molecule has 0 amide bonds. The van der Waals surface area contributed by atoms with Crippen molar-refractivity contribution in [1.29, 1.82) is 0 Å². The fourth-order valence-corrected chi connectivity index (χ4v) is 2.75. The molecule has 114 valence electrons. The summed E-state index contributed by atoms with van der Waals surface area (Å²) in [4.78, 5) is 0. The molecular formula is C16H22BFO3. The first-order valence-electron chi connectivity index (χ1n) is 7.57. The van der Waals surface area contributed by atoms with Gasteiger partial charge in [0.05, 0.1) is 17.3 Å². The minimum Gasteiger partial charge on any atom is -0.399 e. The van der Waals surface area contributed by atoms with E-state index in [1.165, 1.54) is 6.07 Å². The summed E-state index contributed by atoms with van der Waals surface area (Å²) < 4.78 is 31.8. The van der Waals surface area contributed by atoms with Crippen molar-refractivity contribution < 1.29 is 18.4 Å². The quantitative estimate of drug-likeness (QED) is 0.784. The molecule has 2 saturated heterocycles. The van der Waals surface area contributed by atoms with Crippen LogP contribution in [-0.4, -0.2) is 24.9 Å². The molecule has 2 aliphatic heterocycles. The number of ether oxygens (including phenoxy) is 1. The summed E-state index contributed by atoms with van der Waals surface area (Å²) in [6, 6.07) is 5.10. The lowest BCUT2D eigenvalue weighted by Crippen LogP contribution is -2.41. The normalized spacial score (nSPS) is 27.3. The third-order valence-electron chi connectivity index (χ3n) is 4.83. The highest BCUT2D eigenvalue weighted by Gasteiger charge is 2.52. The van der Waals surface area contributed by atoms with Gasteiger partial charge >= 0.3 is 7.12 Å². The fraction of sp³-hybridized carbons (Fsp3) is 0.625. The predicted octanol–water partition coefficient (Wildman–Crippen LogP) is 2.98. The highest BCUT2D eigenvalue weighted by atomic mass is 19.1. The van der Waals surface area contributed by atoms with Gasteiger partial charge in [0.25, 0.3) is 0 Å². The molecule has 1 unspecified atom stereocenters. The van der Waals surface area contributed by atoms with E-state index in [0.717, 1.165) is 25.0 Å². The second-order valence-corrected chi connectivity index (χ2v) is 6.87. The van der Waals surface area contributed by atoms with Crippen LogP contribution in [-0.2, 0) is 14.0 Å². The molecule has 3 nitrogen and oxygen atoms in total. The second kappa shape index (κ2) is 5.08. The first-order chi connectivity index (χ1) is 9.80. The molecule has 2 heterocycles. The van der Waals surface area contributed by atoms with Crippen molar-refractivity contribution in [3.05, 3.63) is 29.6 Å². The van der Waals surface area contributed by atoms with Crippen LogP contribution in [0.15, 0.2) is 18.2 Å². The van der Waals surface area contributed by atoms with Gasteiger partial charge < -0.3 is 14.0 Å². The van der Waals surface area contributed by atoms with E-state index in [1.54, 1.807) is 6.07 Å². The monoisotopic (exact) mass is 292 g/mol. The van der Waals surface area contributed by atoms with E-state index >= 15 is 0 Å². The van der Waals surface area contributed by atoms with Gasteiger partial charge in [-0.05, 0) is 52.2 Å². The smallest absolute Gasteiger partial charge is 0.399 e. The number of rotatable bonds is 2. The van der Waals surface area contributed by atoms with Gasteiger partial charge in [-0.15, -0.1) is 0 Å². The molecule has 2 fully saturated rings. The molecule has 0 spiro atoms. The summed E-state index contributed by atoms with van der Waals surface area (Å²) >= 11 is 0. The first kappa shape index (κ1) is 15.0. The lowest BCUT2D eigenvalue weighted by Gasteiger charge is -2.32. The third kappa shape index (κ3) is 2.63. The standard InChI is InChI=1S/C16H22BFO3/c1-15(2)16(3,4)21-17(20-15)12-10-11(7-8-13(12)18)14-6-5-9-19-14/h7-8,10,14H,5-6,9H2,1-4H3. The number of hydrogen-bond acceptors (Lipinski definition) is 3. The molecular weight excluding hydrogens is 270 g/mol. The van der Waals surface area contributed by atoms with Crippen molar-refractivity contribution in [2.75, 3.05) is 6.61 Å². The summed E-state index contributed by atoms with van der Waals surface area (Å²) in [5, 5.41) is 0. The molecule has 0 N–H and O–H groups in total. The Morgan fingerprint density at radius 3 is 2.38 bits per heavy atom. The van der Waals surface area contributed by atoms with E-state index in [9.17, 15) is 4.39 Å². The van der Waals surface area contributed by atoms with Crippen molar-refractivity contribution in [2.24, 2.45) is 0 Å². The highest BCUT2D eigenvalue weighted by Crippen LogP contribution is 2.37. The Bertz CT molecular complexity index is 522. The van der Waals surface area contributed by atoms with E-state index in [-0.39, 0.29) is 11.9 Å². The molecule has 0 aromatic heterocycles. The molecule has 1 aromatic rings. The largest absolute Gasteiger partial charge is 0.497 e. The average Bonchev–Trinajstić information content (AvgIpc) is 2.97. The topological polar surface area (TPSA) is 27.7 Å². The molecule has 1 atom stereocenters. The Morgan fingerprint density at radius 1 is 1.14 bits per heavy atom. The zero-order valence-corrected chi connectivity index (χ0v) is 13.1. The Balaban J connectivity index is 1.90. The summed E-state index contributed by atoms with van der Waals surface area (Å²) in [6.07, 6.45) is 2.09. The zero-order chi connectivity index (χ0) is 15.3. The van der Waals surface area contributed by atoms with Crippen LogP contribution in [0.25, 0.3) is 0 Å². The van der Waals surface area contributed by atoms with Gasteiger partial charge in [-0.3, -0.25) is 0 Å². The molecule has 0 radical (unpaired) electrons. The Hall–Kier alpha value is -0.905. The van der Waals surface area contributed by atoms with Crippen LogP contribution in [0.5, 0.6) is 0 Å². The van der Waals surface area contributed by atoms with E-state index < -0.39 is 18.3 Å². The number of halogens is 1. The zero-order valence-electron chi connectivity index (χ0n) is 13.1. The van der Waals surface area contributed by atoms with E-state index in [0.29, 0.717) is 5.46 Å². The van der Waals surface area contributed by atoms with Gasteiger partial charge in [-0.2, -0.15) is 0 Å². The first-order valence-corrected chi connectivity index (χ1v) is 7.57. The maximum absolute atomic E-state index is 14.2.